The molecule has 0 saturated heterocycles. The summed E-state index contributed by atoms with van der Waals surface area (Å²) in [5.74, 6) is 0.677. The first-order chi connectivity index (χ1) is 11.3. The predicted molar refractivity (Wildman–Crippen MR) is 84.9 cm³/mol. The van der Waals surface area contributed by atoms with Crippen molar-refractivity contribution in [3.8, 4) is 11.5 Å². The molecule has 0 aliphatic heterocycles. The maximum atomic E-state index is 11.4. The highest BCUT2D eigenvalue weighted by Gasteiger charge is 2.10. The Labute approximate surface area is 133 Å². The van der Waals surface area contributed by atoms with Crippen LogP contribution in [-0.2, 0) is 17.6 Å². The third-order valence-electron chi connectivity index (χ3n) is 3.49. The van der Waals surface area contributed by atoms with Crippen molar-refractivity contribution < 1.29 is 13.9 Å². The SMILES string of the molecule is COC(=O)c1ccc(-c2nnc(CCc3ccccc3)o2)cc1. The number of aromatic nitrogens is 2. The van der Waals surface area contributed by atoms with Gasteiger partial charge in [-0.3, -0.25) is 0 Å². The molecule has 116 valence electrons. The van der Waals surface area contributed by atoms with Crippen LogP contribution in [0.25, 0.3) is 11.5 Å². The number of hydrogen-bond donors (Lipinski definition) is 0. The van der Waals surface area contributed by atoms with Gasteiger partial charge in [0.1, 0.15) is 0 Å². The summed E-state index contributed by atoms with van der Waals surface area (Å²) in [6.45, 7) is 0. The lowest BCUT2D eigenvalue weighted by Gasteiger charge is -1.99. The Bertz CT molecular complexity index is 780. The minimum absolute atomic E-state index is 0.370. The fourth-order valence-corrected chi connectivity index (χ4v) is 2.23. The van der Waals surface area contributed by atoms with Gasteiger partial charge in [0.05, 0.1) is 12.7 Å². The highest BCUT2D eigenvalue weighted by Crippen LogP contribution is 2.19. The van der Waals surface area contributed by atoms with E-state index in [2.05, 4.69) is 27.1 Å². The Balaban J connectivity index is 1.68. The molecule has 0 bridgehead atoms. The third kappa shape index (κ3) is 3.63. The van der Waals surface area contributed by atoms with Gasteiger partial charge in [-0.1, -0.05) is 30.3 Å². The molecule has 2 aromatic carbocycles. The Morgan fingerprint density at radius 3 is 2.43 bits per heavy atom. The van der Waals surface area contributed by atoms with Crippen molar-refractivity contribution in [1.82, 2.24) is 10.2 Å². The van der Waals surface area contributed by atoms with Gasteiger partial charge in [0.2, 0.25) is 11.8 Å². The molecule has 0 aliphatic rings. The second-order valence-corrected chi connectivity index (χ2v) is 5.06. The van der Waals surface area contributed by atoms with E-state index >= 15 is 0 Å². The molecule has 0 N–H and O–H groups in total. The number of methoxy groups -OCH3 is 1. The molecule has 5 heteroatoms. The fourth-order valence-electron chi connectivity index (χ4n) is 2.23. The van der Waals surface area contributed by atoms with E-state index in [0.717, 1.165) is 12.0 Å². The monoisotopic (exact) mass is 308 g/mol. The molecule has 0 amide bonds. The molecule has 0 atom stereocenters. The number of ether oxygens (including phenoxy) is 1. The highest BCUT2D eigenvalue weighted by atomic mass is 16.5. The van der Waals surface area contributed by atoms with E-state index in [9.17, 15) is 4.79 Å². The molecular weight excluding hydrogens is 292 g/mol. The van der Waals surface area contributed by atoms with E-state index in [1.807, 2.05) is 18.2 Å². The van der Waals surface area contributed by atoms with Crippen molar-refractivity contribution in [1.29, 1.82) is 0 Å². The van der Waals surface area contributed by atoms with Crippen molar-refractivity contribution in [3.05, 3.63) is 71.6 Å². The van der Waals surface area contributed by atoms with Crippen LogP contribution in [0.5, 0.6) is 0 Å². The van der Waals surface area contributed by atoms with Crippen molar-refractivity contribution in [2.45, 2.75) is 12.8 Å². The zero-order valence-corrected chi connectivity index (χ0v) is 12.7. The first-order valence-corrected chi connectivity index (χ1v) is 7.31. The summed E-state index contributed by atoms with van der Waals surface area (Å²) in [5.41, 5.74) is 2.49. The summed E-state index contributed by atoms with van der Waals surface area (Å²) in [4.78, 5) is 11.4. The summed E-state index contributed by atoms with van der Waals surface area (Å²) in [6, 6.07) is 17.0. The van der Waals surface area contributed by atoms with Gasteiger partial charge >= 0.3 is 5.97 Å². The average molecular weight is 308 g/mol. The molecule has 5 nitrogen and oxygen atoms in total. The molecule has 3 rings (SSSR count). The molecule has 0 spiro atoms. The van der Waals surface area contributed by atoms with Crippen molar-refractivity contribution in [2.24, 2.45) is 0 Å². The normalized spacial score (nSPS) is 10.5. The minimum Gasteiger partial charge on any atom is -0.465 e. The lowest BCUT2D eigenvalue weighted by atomic mass is 10.1. The van der Waals surface area contributed by atoms with Crippen molar-refractivity contribution in [2.75, 3.05) is 7.11 Å². The van der Waals surface area contributed by atoms with Gasteiger partial charge in [-0.25, -0.2) is 4.79 Å². The molecule has 0 radical (unpaired) electrons. The van der Waals surface area contributed by atoms with E-state index in [1.54, 1.807) is 24.3 Å². The number of carbonyl (C=O) groups excluding carboxylic acids is 1. The second-order valence-electron chi connectivity index (χ2n) is 5.06. The summed E-state index contributed by atoms with van der Waals surface area (Å²) in [7, 11) is 1.35. The van der Waals surface area contributed by atoms with Crippen molar-refractivity contribution in [3.63, 3.8) is 0 Å². The largest absolute Gasteiger partial charge is 0.465 e. The van der Waals surface area contributed by atoms with Gasteiger partial charge in [0, 0.05) is 12.0 Å². The number of hydrogen-bond acceptors (Lipinski definition) is 5. The Hall–Kier alpha value is -2.95. The molecule has 0 unspecified atom stereocenters. The topological polar surface area (TPSA) is 65.2 Å². The average Bonchev–Trinajstić information content (AvgIpc) is 3.09. The number of aryl methyl sites for hydroxylation is 2. The lowest BCUT2D eigenvalue weighted by Crippen LogP contribution is -2.00. The molecule has 23 heavy (non-hydrogen) atoms. The fraction of sp³-hybridized carbons (Fsp3) is 0.167. The molecule has 0 aliphatic carbocycles. The quantitative estimate of drug-likeness (QED) is 0.677. The molecular formula is C18H16N2O3. The van der Waals surface area contributed by atoms with E-state index in [4.69, 9.17) is 4.42 Å². The van der Waals surface area contributed by atoms with Crippen LogP contribution in [0.3, 0.4) is 0 Å². The Morgan fingerprint density at radius 1 is 1.00 bits per heavy atom. The number of esters is 1. The first kappa shape index (κ1) is 15.0. The summed E-state index contributed by atoms with van der Waals surface area (Å²) in [6.07, 6.45) is 1.54. The van der Waals surface area contributed by atoms with E-state index in [1.165, 1.54) is 12.7 Å². The Kier molecular flexibility index (Phi) is 4.47. The molecule has 1 heterocycles. The lowest BCUT2D eigenvalue weighted by molar-refractivity contribution is 0.0600. The third-order valence-corrected chi connectivity index (χ3v) is 3.49. The van der Waals surface area contributed by atoms with Crippen molar-refractivity contribution >= 4 is 5.97 Å². The highest BCUT2D eigenvalue weighted by molar-refractivity contribution is 5.89. The van der Waals surface area contributed by atoms with E-state index in [-0.39, 0.29) is 5.97 Å². The number of carbonyl (C=O) groups is 1. The molecule has 3 aromatic rings. The summed E-state index contributed by atoms with van der Waals surface area (Å²) >= 11 is 0. The van der Waals surface area contributed by atoms with Crippen LogP contribution < -0.4 is 0 Å². The smallest absolute Gasteiger partial charge is 0.337 e. The molecule has 0 fully saturated rings. The maximum Gasteiger partial charge on any atom is 0.337 e. The standard InChI is InChI=1S/C18H16N2O3/c1-22-18(21)15-10-8-14(9-11-15)17-20-19-16(23-17)12-7-13-5-3-2-4-6-13/h2-6,8-11H,7,12H2,1H3. The first-order valence-electron chi connectivity index (χ1n) is 7.31. The van der Waals surface area contributed by atoms with Crippen LogP contribution in [0.4, 0.5) is 0 Å². The van der Waals surface area contributed by atoms with Crippen LogP contribution in [0.1, 0.15) is 21.8 Å². The van der Waals surface area contributed by atoms with Gasteiger partial charge in [-0.05, 0) is 36.2 Å². The maximum absolute atomic E-state index is 11.4. The minimum atomic E-state index is -0.370. The van der Waals surface area contributed by atoms with Crippen LogP contribution in [0.15, 0.2) is 59.0 Å². The van der Waals surface area contributed by atoms with E-state index < -0.39 is 0 Å². The van der Waals surface area contributed by atoms with Gasteiger partial charge in [0.25, 0.3) is 0 Å². The Morgan fingerprint density at radius 2 is 1.74 bits per heavy atom. The zero-order chi connectivity index (χ0) is 16.1. The van der Waals surface area contributed by atoms with Crippen LogP contribution in [0, 0.1) is 0 Å². The van der Waals surface area contributed by atoms with Crippen LogP contribution in [0.2, 0.25) is 0 Å². The van der Waals surface area contributed by atoms with Gasteiger partial charge in [0.15, 0.2) is 0 Å². The van der Waals surface area contributed by atoms with Gasteiger partial charge in [-0.15, -0.1) is 10.2 Å². The summed E-state index contributed by atoms with van der Waals surface area (Å²) < 4.78 is 10.3. The zero-order valence-electron chi connectivity index (χ0n) is 12.7. The number of rotatable bonds is 5. The second kappa shape index (κ2) is 6.87. The molecule has 0 saturated carbocycles. The predicted octanol–water partition coefficient (Wildman–Crippen LogP) is 3.31. The summed E-state index contributed by atoms with van der Waals surface area (Å²) in [5, 5.41) is 8.13. The number of benzene rings is 2. The molecule has 1 aromatic heterocycles. The van der Waals surface area contributed by atoms with E-state index in [0.29, 0.717) is 23.8 Å². The number of nitrogens with zero attached hydrogens (tertiary/aromatic N) is 2. The van der Waals surface area contributed by atoms with Crippen LogP contribution in [-0.4, -0.2) is 23.3 Å². The van der Waals surface area contributed by atoms with Gasteiger partial charge < -0.3 is 9.15 Å². The van der Waals surface area contributed by atoms with Crippen LogP contribution >= 0.6 is 0 Å². The van der Waals surface area contributed by atoms with Gasteiger partial charge in [-0.2, -0.15) is 0 Å².